The second-order valence-electron chi connectivity index (χ2n) is 7.70. The lowest BCUT2D eigenvalue weighted by Gasteiger charge is -2.28. The molecule has 0 aliphatic rings. The fourth-order valence-corrected chi connectivity index (χ4v) is 3.17. The van der Waals surface area contributed by atoms with Crippen molar-refractivity contribution in [2.24, 2.45) is 5.92 Å². The van der Waals surface area contributed by atoms with Crippen LogP contribution in [0.3, 0.4) is 0 Å². The van der Waals surface area contributed by atoms with Gasteiger partial charge < -0.3 is 20.3 Å². The molecule has 0 bridgehead atoms. The van der Waals surface area contributed by atoms with Crippen LogP contribution in [0, 0.1) is 5.92 Å². The first-order chi connectivity index (χ1) is 14.4. The standard InChI is InChI=1S/C24H33N3O3/c1-5-18(2)22(26-24(29)30-17-19-12-8-6-9-13-19)23(28)25-16-21(27(3)4)20-14-10-7-11-15-20/h6-15,18,21-22H,5,16-17H2,1-4H3,(H,25,28)(H,26,29). The van der Waals surface area contributed by atoms with Gasteiger partial charge in [-0.05, 0) is 31.1 Å². The quantitative estimate of drug-likeness (QED) is 0.625. The van der Waals surface area contributed by atoms with Crippen molar-refractivity contribution in [3.8, 4) is 0 Å². The summed E-state index contributed by atoms with van der Waals surface area (Å²) in [4.78, 5) is 27.3. The number of amides is 2. The maximum Gasteiger partial charge on any atom is 0.408 e. The molecular formula is C24H33N3O3. The molecule has 0 aliphatic heterocycles. The van der Waals surface area contributed by atoms with Crippen LogP contribution in [0.2, 0.25) is 0 Å². The summed E-state index contributed by atoms with van der Waals surface area (Å²) in [6.07, 6.45) is 0.166. The Balaban J connectivity index is 1.96. The van der Waals surface area contributed by atoms with E-state index in [9.17, 15) is 9.59 Å². The van der Waals surface area contributed by atoms with Gasteiger partial charge in [-0.25, -0.2) is 4.79 Å². The number of carbonyl (C=O) groups excluding carboxylic acids is 2. The van der Waals surface area contributed by atoms with E-state index < -0.39 is 12.1 Å². The van der Waals surface area contributed by atoms with Crippen LogP contribution in [0.15, 0.2) is 60.7 Å². The van der Waals surface area contributed by atoms with Gasteiger partial charge in [0, 0.05) is 6.54 Å². The highest BCUT2D eigenvalue weighted by molar-refractivity contribution is 5.85. The summed E-state index contributed by atoms with van der Waals surface area (Å²) in [5.41, 5.74) is 2.02. The third kappa shape index (κ3) is 7.19. The minimum Gasteiger partial charge on any atom is -0.445 e. The molecular weight excluding hydrogens is 378 g/mol. The average Bonchev–Trinajstić information content (AvgIpc) is 2.76. The van der Waals surface area contributed by atoms with Crippen molar-refractivity contribution in [1.29, 1.82) is 0 Å². The van der Waals surface area contributed by atoms with Gasteiger partial charge in [0.15, 0.2) is 0 Å². The third-order valence-corrected chi connectivity index (χ3v) is 5.26. The molecule has 162 valence electrons. The molecule has 6 nitrogen and oxygen atoms in total. The predicted octanol–water partition coefficient (Wildman–Crippen LogP) is 3.75. The van der Waals surface area contributed by atoms with Crippen molar-refractivity contribution in [2.75, 3.05) is 20.6 Å². The Morgan fingerprint density at radius 2 is 1.60 bits per heavy atom. The maximum atomic E-state index is 12.9. The SMILES string of the molecule is CCC(C)C(NC(=O)OCc1ccccc1)C(=O)NCC(c1ccccc1)N(C)C. The van der Waals surface area contributed by atoms with E-state index in [0.717, 1.165) is 17.5 Å². The number of rotatable bonds is 10. The topological polar surface area (TPSA) is 70.7 Å². The number of alkyl carbamates (subject to hydrolysis) is 1. The van der Waals surface area contributed by atoms with Gasteiger partial charge in [-0.15, -0.1) is 0 Å². The van der Waals surface area contributed by atoms with Crippen LogP contribution in [-0.2, 0) is 16.1 Å². The number of hydrogen-bond acceptors (Lipinski definition) is 4. The Labute approximate surface area is 179 Å². The molecule has 2 rings (SSSR count). The van der Waals surface area contributed by atoms with Crippen LogP contribution in [0.4, 0.5) is 4.79 Å². The van der Waals surface area contributed by atoms with Crippen molar-refractivity contribution >= 4 is 12.0 Å². The van der Waals surface area contributed by atoms with Gasteiger partial charge in [0.05, 0.1) is 6.04 Å². The summed E-state index contributed by atoms with van der Waals surface area (Å²) >= 11 is 0. The van der Waals surface area contributed by atoms with E-state index in [4.69, 9.17) is 4.74 Å². The normalized spacial score (nSPS) is 13.9. The predicted molar refractivity (Wildman–Crippen MR) is 119 cm³/mol. The van der Waals surface area contributed by atoms with Gasteiger partial charge in [-0.3, -0.25) is 4.79 Å². The molecule has 3 unspecified atom stereocenters. The minimum atomic E-state index is -0.656. The molecule has 2 N–H and O–H groups in total. The summed E-state index contributed by atoms with van der Waals surface area (Å²) in [5, 5.41) is 5.75. The molecule has 0 aliphatic carbocycles. The Bertz CT molecular complexity index is 781. The summed E-state index contributed by atoms with van der Waals surface area (Å²) in [5.74, 6) is -0.229. The van der Waals surface area contributed by atoms with E-state index in [2.05, 4.69) is 15.5 Å². The molecule has 0 saturated carbocycles. The summed E-state index contributed by atoms with van der Waals surface area (Å²) in [7, 11) is 3.96. The first kappa shape index (κ1) is 23.4. The molecule has 0 saturated heterocycles. The first-order valence-corrected chi connectivity index (χ1v) is 10.4. The molecule has 2 aromatic carbocycles. The van der Waals surface area contributed by atoms with E-state index in [1.165, 1.54) is 0 Å². The molecule has 0 spiro atoms. The number of hydrogen-bond donors (Lipinski definition) is 2. The minimum absolute atomic E-state index is 0.0243. The highest BCUT2D eigenvalue weighted by atomic mass is 16.5. The van der Waals surface area contributed by atoms with Crippen LogP contribution < -0.4 is 10.6 Å². The zero-order chi connectivity index (χ0) is 21.9. The van der Waals surface area contributed by atoms with Gasteiger partial charge in [0.25, 0.3) is 0 Å². The largest absolute Gasteiger partial charge is 0.445 e. The van der Waals surface area contributed by atoms with E-state index in [1.807, 2.05) is 88.6 Å². The molecule has 0 fully saturated rings. The van der Waals surface area contributed by atoms with Gasteiger partial charge in [-0.1, -0.05) is 80.9 Å². The zero-order valence-corrected chi connectivity index (χ0v) is 18.3. The van der Waals surface area contributed by atoms with Crippen LogP contribution in [0.25, 0.3) is 0 Å². The average molecular weight is 412 g/mol. The number of nitrogens with one attached hydrogen (secondary N) is 2. The summed E-state index contributed by atoms with van der Waals surface area (Å²) < 4.78 is 5.30. The van der Waals surface area contributed by atoms with Crippen molar-refractivity contribution in [3.63, 3.8) is 0 Å². The molecule has 2 aromatic rings. The van der Waals surface area contributed by atoms with Crippen LogP contribution in [0.1, 0.15) is 37.4 Å². The molecule has 30 heavy (non-hydrogen) atoms. The molecule has 6 heteroatoms. The summed E-state index contributed by atoms with van der Waals surface area (Å²) in [6, 6.07) is 18.9. The Hall–Kier alpha value is -2.86. The van der Waals surface area contributed by atoms with Crippen LogP contribution >= 0.6 is 0 Å². The van der Waals surface area contributed by atoms with Crippen LogP contribution in [0.5, 0.6) is 0 Å². The van der Waals surface area contributed by atoms with E-state index >= 15 is 0 Å². The molecule has 0 heterocycles. The fourth-order valence-electron chi connectivity index (χ4n) is 3.17. The lowest BCUT2D eigenvalue weighted by molar-refractivity contribution is -0.124. The highest BCUT2D eigenvalue weighted by Gasteiger charge is 2.27. The summed E-state index contributed by atoms with van der Waals surface area (Å²) in [6.45, 7) is 4.55. The number of ether oxygens (including phenoxy) is 1. The van der Waals surface area contributed by atoms with Gasteiger partial charge in [0.2, 0.25) is 5.91 Å². The molecule has 0 radical (unpaired) electrons. The van der Waals surface area contributed by atoms with Crippen molar-refractivity contribution in [1.82, 2.24) is 15.5 Å². The lowest BCUT2D eigenvalue weighted by atomic mass is 9.98. The van der Waals surface area contributed by atoms with Crippen molar-refractivity contribution in [3.05, 3.63) is 71.8 Å². The van der Waals surface area contributed by atoms with E-state index in [-0.39, 0.29) is 24.5 Å². The molecule has 2 amide bonds. The number of benzene rings is 2. The monoisotopic (exact) mass is 411 g/mol. The smallest absolute Gasteiger partial charge is 0.408 e. The second kappa shape index (κ2) is 12.0. The Morgan fingerprint density at radius 3 is 2.17 bits per heavy atom. The zero-order valence-electron chi connectivity index (χ0n) is 18.3. The lowest BCUT2D eigenvalue weighted by Crippen LogP contribution is -2.51. The maximum absolute atomic E-state index is 12.9. The van der Waals surface area contributed by atoms with Crippen molar-refractivity contribution < 1.29 is 14.3 Å². The molecule has 0 aromatic heterocycles. The van der Waals surface area contributed by atoms with E-state index in [0.29, 0.717) is 6.54 Å². The van der Waals surface area contributed by atoms with Gasteiger partial charge in [-0.2, -0.15) is 0 Å². The fraction of sp³-hybridized carbons (Fsp3) is 0.417. The van der Waals surface area contributed by atoms with Crippen LogP contribution in [-0.4, -0.2) is 43.6 Å². The van der Waals surface area contributed by atoms with E-state index in [1.54, 1.807) is 0 Å². The molecule has 3 atom stereocenters. The Kier molecular flexibility index (Phi) is 9.35. The van der Waals surface area contributed by atoms with Gasteiger partial charge >= 0.3 is 6.09 Å². The first-order valence-electron chi connectivity index (χ1n) is 10.4. The van der Waals surface area contributed by atoms with Crippen molar-refractivity contribution in [2.45, 2.75) is 39.0 Å². The third-order valence-electron chi connectivity index (χ3n) is 5.26. The Morgan fingerprint density at radius 1 is 1.00 bits per heavy atom. The number of nitrogens with zero attached hydrogens (tertiary/aromatic N) is 1. The highest BCUT2D eigenvalue weighted by Crippen LogP contribution is 2.17. The van der Waals surface area contributed by atoms with Gasteiger partial charge in [0.1, 0.15) is 12.6 Å². The second-order valence-corrected chi connectivity index (χ2v) is 7.70. The number of likely N-dealkylation sites (N-methyl/N-ethyl adjacent to an activating group) is 1. The number of carbonyl (C=O) groups is 2.